The number of amides is 1. The zero-order valence-electron chi connectivity index (χ0n) is 16.0. The van der Waals surface area contributed by atoms with E-state index in [1.54, 1.807) is 6.20 Å². The minimum atomic E-state index is -0.154. The molecule has 0 saturated heterocycles. The number of ether oxygens (including phenoxy) is 1. The van der Waals surface area contributed by atoms with Crippen LogP contribution in [0.5, 0.6) is 5.75 Å². The number of aromatic nitrogens is 2. The molecule has 0 radical (unpaired) electrons. The summed E-state index contributed by atoms with van der Waals surface area (Å²) in [7, 11) is 0. The van der Waals surface area contributed by atoms with E-state index in [0.29, 0.717) is 12.0 Å². The number of hydrogen-bond donors (Lipinski definition) is 1. The Labute approximate surface area is 155 Å². The SMILES string of the molecule is Cc1ccc(C(C)C)c(OCC(=O)Nc2ccnn2C2CCCCC2)c1. The molecule has 0 bridgehead atoms. The maximum Gasteiger partial charge on any atom is 0.263 e. The first kappa shape index (κ1) is 18.5. The van der Waals surface area contributed by atoms with Gasteiger partial charge in [-0.05, 0) is 42.9 Å². The summed E-state index contributed by atoms with van der Waals surface area (Å²) in [5, 5.41) is 7.38. The van der Waals surface area contributed by atoms with Gasteiger partial charge in [-0.25, -0.2) is 4.68 Å². The van der Waals surface area contributed by atoms with Crippen LogP contribution >= 0.6 is 0 Å². The standard InChI is InChI=1S/C21H29N3O2/c1-15(2)18-10-9-16(3)13-19(18)26-14-21(25)23-20-11-12-22-24(20)17-7-5-4-6-8-17/h9-13,15,17H,4-8,14H2,1-3H3,(H,23,25). The minimum absolute atomic E-state index is 0.000972. The number of hydrogen-bond acceptors (Lipinski definition) is 3. The molecule has 1 amide bonds. The summed E-state index contributed by atoms with van der Waals surface area (Å²) in [6.45, 7) is 6.28. The maximum atomic E-state index is 12.4. The van der Waals surface area contributed by atoms with Crippen LogP contribution in [-0.2, 0) is 4.79 Å². The first-order valence-corrected chi connectivity index (χ1v) is 9.61. The molecule has 26 heavy (non-hydrogen) atoms. The van der Waals surface area contributed by atoms with Crippen LogP contribution in [0.15, 0.2) is 30.5 Å². The fraction of sp³-hybridized carbons (Fsp3) is 0.524. The Morgan fingerprint density at radius 1 is 1.27 bits per heavy atom. The van der Waals surface area contributed by atoms with Gasteiger partial charge < -0.3 is 10.1 Å². The van der Waals surface area contributed by atoms with Gasteiger partial charge in [0.2, 0.25) is 0 Å². The van der Waals surface area contributed by atoms with E-state index in [0.717, 1.165) is 35.5 Å². The van der Waals surface area contributed by atoms with Gasteiger partial charge in [-0.15, -0.1) is 0 Å². The van der Waals surface area contributed by atoms with E-state index < -0.39 is 0 Å². The van der Waals surface area contributed by atoms with Crippen LogP contribution in [0.25, 0.3) is 0 Å². The van der Waals surface area contributed by atoms with Crippen molar-refractivity contribution in [3.05, 3.63) is 41.6 Å². The first-order chi connectivity index (χ1) is 12.5. The van der Waals surface area contributed by atoms with Crippen LogP contribution in [0.1, 0.15) is 69.0 Å². The average Bonchev–Trinajstić information content (AvgIpc) is 3.08. The van der Waals surface area contributed by atoms with Crippen LogP contribution < -0.4 is 10.1 Å². The molecule has 1 aromatic carbocycles. The molecular weight excluding hydrogens is 326 g/mol. The van der Waals surface area contributed by atoms with Gasteiger partial charge in [-0.3, -0.25) is 4.79 Å². The average molecular weight is 355 g/mol. The highest BCUT2D eigenvalue weighted by Crippen LogP contribution is 2.30. The fourth-order valence-corrected chi connectivity index (χ4v) is 3.60. The van der Waals surface area contributed by atoms with Gasteiger partial charge in [0.15, 0.2) is 6.61 Å². The van der Waals surface area contributed by atoms with E-state index in [1.807, 2.05) is 23.7 Å². The molecule has 3 rings (SSSR count). The summed E-state index contributed by atoms with van der Waals surface area (Å²) in [6, 6.07) is 8.39. The van der Waals surface area contributed by atoms with Crippen molar-refractivity contribution in [1.29, 1.82) is 0 Å². The van der Waals surface area contributed by atoms with Gasteiger partial charge in [-0.2, -0.15) is 5.10 Å². The van der Waals surface area contributed by atoms with Crippen molar-refractivity contribution in [3.8, 4) is 5.75 Å². The molecule has 1 saturated carbocycles. The number of benzene rings is 1. The van der Waals surface area contributed by atoms with Crippen molar-refractivity contribution in [1.82, 2.24) is 9.78 Å². The van der Waals surface area contributed by atoms with E-state index in [9.17, 15) is 4.79 Å². The van der Waals surface area contributed by atoms with E-state index in [1.165, 1.54) is 19.3 Å². The summed E-state index contributed by atoms with van der Waals surface area (Å²) in [5.74, 6) is 1.75. The fourth-order valence-electron chi connectivity index (χ4n) is 3.60. The van der Waals surface area contributed by atoms with Gasteiger partial charge >= 0.3 is 0 Å². The quantitative estimate of drug-likeness (QED) is 0.807. The molecule has 1 aliphatic rings. The predicted molar refractivity (Wildman–Crippen MR) is 104 cm³/mol. The van der Waals surface area contributed by atoms with Gasteiger partial charge in [0.05, 0.1) is 12.2 Å². The number of carbonyl (C=O) groups excluding carboxylic acids is 1. The molecule has 1 aromatic heterocycles. The summed E-state index contributed by atoms with van der Waals surface area (Å²) < 4.78 is 7.80. The lowest BCUT2D eigenvalue weighted by Crippen LogP contribution is -2.24. The molecule has 0 spiro atoms. The molecule has 2 aromatic rings. The van der Waals surface area contributed by atoms with Gasteiger partial charge in [0.1, 0.15) is 11.6 Å². The molecular formula is C21H29N3O2. The third-order valence-corrected chi connectivity index (χ3v) is 5.01. The predicted octanol–water partition coefficient (Wildman–Crippen LogP) is 4.84. The number of rotatable bonds is 6. The molecule has 0 aliphatic heterocycles. The van der Waals surface area contributed by atoms with Gasteiger partial charge in [0, 0.05) is 6.07 Å². The van der Waals surface area contributed by atoms with Crippen LogP contribution in [-0.4, -0.2) is 22.3 Å². The van der Waals surface area contributed by atoms with Crippen molar-refractivity contribution in [2.75, 3.05) is 11.9 Å². The number of nitrogens with one attached hydrogen (secondary N) is 1. The first-order valence-electron chi connectivity index (χ1n) is 9.61. The third kappa shape index (κ3) is 4.45. The third-order valence-electron chi connectivity index (χ3n) is 5.01. The Balaban J connectivity index is 1.62. The molecule has 1 N–H and O–H groups in total. The highest BCUT2D eigenvalue weighted by Gasteiger charge is 2.19. The second-order valence-electron chi connectivity index (χ2n) is 7.49. The normalized spacial score (nSPS) is 15.2. The second-order valence-corrected chi connectivity index (χ2v) is 7.49. The lowest BCUT2D eigenvalue weighted by molar-refractivity contribution is -0.118. The van der Waals surface area contributed by atoms with Gasteiger partial charge in [0.25, 0.3) is 5.91 Å². The summed E-state index contributed by atoms with van der Waals surface area (Å²) in [5.41, 5.74) is 2.25. The van der Waals surface area contributed by atoms with Crippen LogP contribution in [0.2, 0.25) is 0 Å². The molecule has 140 valence electrons. The number of aryl methyl sites for hydroxylation is 1. The number of carbonyl (C=O) groups is 1. The highest BCUT2D eigenvalue weighted by atomic mass is 16.5. The topological polar surface area (TPSA) is 56.1 Å². The van der Waals surface area contributed by atoms with Crippen LogP contribution in [0.4, 0.5) is 5.82 Å². The lowest BCUT2D eigenvalue weighted by atomic mass is 9.96. The van der Waals surface area contributed by atoms with Crippen LogP contribution in [0.3, 0.4) is 0 Å². The van der Waals surface area contributed by atoms with E-state index in [-0.39, 0.29) is 12.5 Å². The van der Waals surface area contributed by atoms with Crippen molar-refractivity contribution in [3.63, 3.8) is 0 Å². The summed E-state index contributed by atoms with van der Waals surface area (Å²) >= 11 is 0. The molecule has 1 heterocycles. The Bertz CT molecular complexity index is 745. The molecule has 0 unspecified atom stereocenters. The minimum Gasteiger partial charge on any atom is -0.483 e. The van der Waals surface area contributed by atoms with Crippen LogP contribution in [0, 0.1) is 6.92 Å². The zero-order valence-corrected chi connectivity index (χ0v) is 16.0. The summed E-state index contributed by atoms with van der Waals surface area (Å²) in [4.78, 5) is 12.4. The molecule has 0 atom stereocenters. The monoisotopic (exact) mass is 355 g/mol. The Morgan fingerprint density at radius 3 is 2.77 bits per heavy atom. The van der Waals surface area contributed by atoms with Gasteiger partial charge in [-0.1, -0.05) is 45.2 Å². The Hall–Kier alpha value is -2.30. The second kappa shape index (κ2) is 8.39. The molecule has 5 heteroatoms. The van der Waals surface area contributed by atoms with E-state index >= 15 is 0 Å². The van der Waals surface area contributed by atoms with E-state index in [4.69, 9.17) is 4.74 Å². The highest BCUT2D eigenvalue weighted by molar-refractivity contribution is 5.91. The maximum absolute atomic E-state index is 12.4. The zero-order chi connectivity index (χ0) is 18.5. The lowest BCUT2D eigenvalue weighted by Gasteiger charge is -2.24. The Morgan fingerprint density at radius 2 is 2.04 bits per heavy atom. The number of anilines is 1. The summed E-state index contributed by atoms with van der Waals surface area (Å²) in [6.07, 6.45) is 7.76. The molecule has 1 fully saturated rings. The molecule has 5 nitrogen and oxygen atoms in total. The Kier molecular flexibility index (Phi) is 5.96. The molecule has 1 aliphatic carbocycles. The van der Waals surface area contributed by atoms with Crippen molar-refractivity contribution < 1.29 is 9.53 Å². The van der Waals surface area contributed by atoms with Crippen molar-refractivity contribution in [2.24, 2.45) is 0 Å². The van der Waals surface area contributed by atoms with Crippen molar-refractivity contribution >= 4 is 11.7 Å². The largest absolute Gasteiger partial charge is 0.483 e. The smallest absolute Gasteiger partial charge is 0.263 e. The number of nitrogens with zero attached hydrogens (tertiary/aromatic N) is 2. The van der Waals surface area contributed by atoms with Crippen molar-refractivity contribution in [2.45, 2.75) is 64.8 Å². The van der Waals surface area contributed by atoms with E-state index in [2.05, 4.69) is 36.4 Å².